The third-order valence-corrected chi connectivity index (χ3v) is 4.14. The molecule has 5 heteroatoms. The largest absolute Gasteiger partial charge is 0.368 e. The molecule has 0 aliphatic heterocycles. The zero-order valence-corrected chi connectivity index (χ0v) is 13.7. The average Bonchev–Trinajstić information content (AvgIpc) is 2.81. The maximum absolute atomic E-state index is 6.11. The molecular weight excluding hydrogens is 290 g/mol. The second kappa shape index (κ2) is 7.07. The fourth-order valence-corrected chi connectivity index (χ4v) is 2.94. The van der Waals surface area contributed by atoms with Gasteiger partial charge >= 0.3 is 0 Å². The summed E-state index contributed by atoms with van der Waals surface area (Å²) in [6.07, 6.45) is 0. The molecule has 0 unspecified atom stereocenters. The van der Waals surface area contributed by atoms with E-state index in [4.69, 9.17) is 11.6 Å². The molecule has 0 spiro atoms. The van der Waals surface area contributed by atoms with Crippen molar-refractivity contribution < 1.29 is 0 Å². The van der Waals surface area contributed by atoms with Crippen molar-refractivity contribution in [1.29, 1.82) is 0 Å². The molecular formula is C15H20ClN3S. The minimum Gasteiger partial charge on any atom is -0.368 e. The van der Waals surface area contributed by atoms with Gasteiger partial charge in [0.15, 0.2) is 0 Å². The predicted octanol–water partition coefficient (Wildman–Crippen LogP) is 3.85. The molecule has 0 aliphatic carbocycles. The minimum atomic E-state index is 0.777. The quantitative estimate of drug-likeness (QED) is 0.878. The Morgan fingerprint density at radius 2 is 2.20 bits per heavy atom. The highest BCUT2D eigenvalue weighted by Crippen LogP contribution is 2.25. The first-order valence-electron chi connectivity index (χ1n) is 6.71. The molecule has 0 bridgehead atoms. The monoisotopic (exact) mass is 309 g/mol. The van der Waals surface area contributed by atoms with Crippen molar-refractivity contribution in [2.45, 2.75) is 26.9 Å². The first-order valence-corrected chi connectivity index (χ1v) is 7.97. The van der Waals surface area contributed by atoms with Gasteiger partial charge in [-0.15, -0.1) is 11.3 Å². The third-order valence-electron chi connectivity index (χ3n) is 3.08. The molecule has 0 aliphatic rings. The van der Waals surface area contributed by atoms with Gasteiger partial charge in [0.2, 0.25) is 0 Å². The highest BCUT2D eigenvalue weighted by Gasteiger charge is 2.10. The second-order valence-electron chi connectivity index (χ2n) is 4.77. The Balaban J connectivity index is 2.17. The molecule has 0 amide bonds. The topological polar surface area (TPSA) is 28.2 Å². The van der Waals surface area contributed by atoms with Crippen molar-refractivity contribution in [3.8, 4) is 0 Å². The van der Waals surface area contributed by atoms with Crippen LogP contribution in [-0.2, 0) is 13.1 Å². The molecule has 0 atom stereocenters. The number of nitrogens with zero attached hydrogens (tertiary/aromatic N) is 2. The number of halogens is 1. The maximum Gasteiger partial charge on any atom is 0.0898 e. The standard InChI is InChI=1S/C15H20ClN3S/c1-4-17-8-12-7-13(16)5-6-15(12)19(3)9-14-10-20-11(2)18-14/h5-7,10,17H,4,8-9H2,1-3H3. The Kier molecular flexibility index (Phi) is 5.40. The Hall–Kier alpha value is -1.10. The second-order valence-corrected chi connectivity index (χ2v) is 6.27. The van der Waals surface area contributed by atoms with Crippen LogP contribution in [0.25, 0.3) is 0 Å². The van der Waals surface area contributed by atoms with Crippen LogP contribution in [0.1, 0.15) is 23.2 Å². The number of benzene rings is 1. The number of rotatable bonds is 6. The van der Waals surface area contributed by atoms with Crippen LogP contribution in [0.5, 0.6) is 0 Å². The fraction of sp³-hybridized carbons (Fsp3) is 0.400. The first-order chi connectivity index (χ1) is 9.60. The summed E-state index contributed by atoms with van der Waals surface area (Å²) in [5.74, 6) is 0. The van der Waals surface area contributed by atoms with Gasteiger partial charge in [0.25, 0.3) is 0 Å². The molecule has 0 saturated carbocycles. The van der Waals surface area contributed by atoms with E-state index >= 15 is 0 Å². The average molecular weight is 310 g/mol. The molecule has 20 heavy (non-hydrogen) atoms. The van der Waals surface area contributed by atoms with Crippen LogP contribution in [0.15, 0.2) is 23.6 Å². The van der Waals surface area contributed by atoms with Crippen LogP contribution in [0.4, 0.5) is 5.69 Å². The summed E-state index contributed by atoms with van der Waals surface area (Å²) in [5.41, 5.74) is 3.52. The molecule has 108 valence electrons. The Bertz CT molecular complexity index is 568. The van der Waals surface area contributed by atoms with Crippen LogP contribution in [0, 0.1) is 6.92 Å². The van der Waals surface area contributed by atoms with Gasteiger partial charge in [-0.2, -0.15) is 0 Å². The smallest absolute Gasteiger partial charge is 0.0898 e. The van der Waals surface area contributed by atoms with Gasteiger partial charge in [-0.1, -0.05) is 18.5 Å². The van der Waals surface area contributed by atoms with E-state index in [1.165, 1.54) is 11.3 Å². The molecule has 2 rings (SSSR count). The highest BCUT2D eigenvalue weighted by atomic mass is 35.5. The summed E-state index contributed by atoms with van der Waals surface area (Å²) >= 11 is 7.80. The lowest BCUT2D eigenvalue weighted by atomic mass is 10.1. The minimum absolute atomic E-state index is 0.777. The van der Waals surface area contributed by atoms with E-state index in [1.807, 2.05) is 19.1 Å². The van der Waals surface area contributed by atoms with Crippen LogP contribution in [0.2, 0.25) is 5.02 Å². The van der Waals surface area contributed by atoms with Crippen molar-refractivity contribution >= 4 is 28.6 Å². The van der Waals surface area contributed by atoms with Crippen molar-refractivity contribution in [2.75, 3.05) is 18.5 Å². The lowest BCUT2D eigenvalue weighted by molar-refractivity contribution is 0.722. The SMILES string of the molecule is CCNCc1cc(Cl)ccc1N(C)Cc1csc(C)n1. The molecule has 1 aromatic heterocycles. The summed E-state index contributed by atoms with van der Waals surface area (Å²) in [6.45, 7) is 6.72. The van der Waals surface area contributed by atoms with Crippen LogP contribution < -0.4 is 10.2 Å². The van der Waals surface area contributed by atoms with E-state index in [2.05, 4.69) is 40.6 Å². The van der Waals surface area contributed by atoms with Crippen LogP contribution in [0.3, 0.4) is 0 Å². The lowest BCUT2D eigenvalue weighted by Gasteiger charge is -2.22. The summed E-state index contributed by atoms with van der Waals surface area (Å²) in [7, 11) is 2.09. The van der Waals surface area contributed by atoms with E-state index in [9.17, 15) is 0 Å². The first kappa shape index (κ1) is 15.3. The summed E-state index contributed by atoms with van der Waals surface area (Å²) in [6, 6.07) is 6.05. The molecule has 2 aromatic rings. The van der Waals surface area contributed by atoms with Crippen molar-refractivity contribution in [1.82, 2.24) is 10.3 Å². The third kappa shape index (κ3) is 3.95. The van der Waals surface area contributed by atoms with E-state index in [0.717, 1.165) is 35.4 Å². The van der Waals surface area contributed by atoms with E-state index < -0.39 is 0 Å². The zero-order chi connectivity index (χ0) is 14.5. The molecule has 1 heterocycles. The maximum atomic E-state index is 6.11. The summed E-state index contributed by atoms with van der Waals surface area (Å²) in [4.78, 5) is 6.74. The van der Waals surface area contributed by atoms with Crippen molar-refractivity contribution in [2.24, 2.45) is 0 Å². The van der Waals surface area contributed by atoms with Crippen LogP contribution >= 0.6 is 22.9 Å². The number of nitrogens with one attached hydrogen (secondary N) is 1. The van der Waals surface area contributed by atoms with Gasteiger partial charge in [-0.25, -0.2) is 4.98 Å². The Morgan fingerprint density at radius 1 is 1.40 bits per heavy atom. The fourth-order valence-electron chi connectivity index (χ4n) is 2.14. The normalized spacial score (nSPS) is 10.8. The number of hydrogen-bond donors (Lipinski definition) is 1. The number of aryl methyl sites for hydroxylation is 1. The van der Waals surface area contributed by atoms with Gasteiger partial charge in [-0.05, 0) is 37.2 Å². The van der Waals surface area contributed by atoms with E-state index in [1.54, 1.807) is 11.3 Å². The number of anilines is 1. The highest BCUT2D eigenvalue weighted by molar-refractivity contribution is 7.09. The zero-order valence-electron chi connectivity index (χ0n) is 12.1. The van der Waals surface area contributed by atoms with E-state index in [0.29, 0.717) is 0 Å². The number of aromatic nitrogens is 1. The molecule has 0 radical (unpaired) electrons. The van der Waals surface area contributed by atoms with Gasteiger partial charge in [0.1, 0.15) is 0 Å². The van der Waals surface area contributed by atoms with Gasteiger partial charge in [0.05, 0.1) is 17.2 Å². The Morgan fingerprint density at radius 3 is 2.85 bits per heavy atom. The predicted molar refractivity (Wildman–Crippen MR) is 87.8 cm³/mol. The number of thiazole rings is 1. The molecule has 3 nitrogen and oxygen atoms in total. The van der Waals surface area contributed by atoms with Gasteiger partial charge < -0.3 is 10.2 Å². The molecule has 0 saturated heterocycles. The van der Waals surface area contributed by atoms with Crippen LogP contribution in [-0.4, -0.2) is 18.6 Å². The molecule has 1 N–H and O–H groups in total. The summed E-state index contributed by atoms with van der Waals surface area (Å²) in [5, 5.41) is 7.36. The lowest BCUT2D eigenvalue weighted by Crippen LogP contribution is -2.20. The number of hydrogen-bond acceptors (Lipinski definition) is 4. The molecule has 1 aromatic carbocycles. The Labute approximate surface area is 129 Å². The van der Waals surface area contributed by atoms with Crippen molar-refractivity contribution in [3.63, 3.8) is 0 Å². The van der Waals surface area contributed by atoms with Gasteiger partial charge in [-0.3, -0.25) is 0 Å². The molecule has 0 fully saturated rings. The van der Waals surface area contributed by atoms with Crippen molar-refractivity contribution in [3.05, 3.63) is 44.9 Å². The van der Waals surface area contributed by atoms with E-state index in [-0.39, 0.29) is 0 Å². The van der Waals surface area contributed by atoms with Gasteiger partial charge in [0, 0.05) is 29.7 Å². The summed E-state index contributed by atoms with van der Waals surface area (Å²) < 4.78 is 0.